The summed E-state index contributed by atoms with van der Waals surface area (Å²) >= 11 is 5.37. The minimum Gasteiger partial charge on any atom is -0.382 e. The van der Waals surface area contributed by atoms with Gasteiger partial charge in [0.1, 0.15) is 24.1 Å². The predicted octanol–water partition coefficient (Wildman–Crippen LogP) is 0.691. The molecule has 6 heterocycles. The molecule has 0 radical (unpaired) electrons. The lowest BCUT2D eigenvalue weighted by Gasteiger charge is -2.32. The first-order valence-electron chi connectivity index (χ1n) is 14.0. The lowest BCUT2D eigenvalue weighted by molar-refractivity contribution is -0.0552. The molecule has 7 N–H and O–H groups in total. The maximum atomic E-state index is 15.9. The van der Waals surface area contributed by atoms with Gasteiger partial charge in [-0.05, 0) is 24.1 Å². The van der Waals surface area contributed by atoms with Crippen LogP contribution in [0, 0.1) is 17.3 Å². The van der Waals surface area contributed by atoms with Gasteiger partial charge in [0.25, 0.3) is 5.56 Å². The Morgan fingerprint density at radius 2 is 1.87 bits per heavy atom. The highest BCUT2D eigenvalue weighted by atomic mass is 32.5. The Morgan fingerprint density at radius 3 is 2.67 bits per heavy atom. The summed E-state index contributed by atoms with van der Waals surface area (Å²) in [5.74, 6) is -0.605. The zero-order valence-electron chi connectivity index (χ0n) is 23.7. The number of hydrogen-bond donors (Lipinski definition) is 5. The van der Waals surface area contributed by atoms with Crippen LogP contribution in [0.1, 0.15) is 25.6 Å². The smallest absolute Gasteiger partial charge is 0.382 e. The van der Waals surface area contributed by atoms with E-state index in [2.05, 4.69) is 29.9 Å². The number of phosphoric ester groups is 1. The minimum absolute atomic E-state index is 0.0911. The van der Waals surface area contributed by atoms with Gasteiger partial charge in [-0.1, -0.05) is 6.92 Å². The van der Waals surface area contributed by atoms with Crippen LogP contribution in [0.3, 0.4) is 0 Å². The monoisotopic (exact) mass is 700 g/mol. The van der Waals surface area contributed by atoms with Crippen molar-refractivity contribution in [3.8, 4) is 0 Å². The molecule has 11 atom stereocenters. The van der Waals surface area contributed by atoms with E-state index in [4.69, 9.17) is 46.1 Å². The quantitative estimate of drug-likeness (QED) is 0.180. The van der Waals surface area contributed by atoms with Crippen LogP contribution in [0.25, 0.3) is 22.3 Å². The molecule has 2 bridgehead atoms. The van der Waals surface area contributed by atoms with Gasteiger partial charge in [0.05, 0.1) is 32.0 Å². The first-order chi connectivity index (χ1) is 21.8. The Kier molecular flexibility index (Phi) is 6.78. The van der Waals surface area contributed by atoms with Gasteiger partial charge in [-0.15, -0.1) is 0 Å². The lowest BCUT2D eigenvalue weighted by atomic mass is 9.94. The van der Waals surface area contributed by atoms with Crippen LogP contribution in [0.15, 0.2) is 23.8 Å². The van der Waals surface area contributed by atoms with Gasteiger partial charge in [-0.3, -0.25) is 23.4 Å². The second kappa shape index (κ2) is 10.3. The molecule has 0 amide bonds. The number of aromatic nitrogens is 8. The summed E-state index contributed by atoms with van der Waals surface area (Å²) in [4.78, 5) is 57.5. The summed E-state index contributed by atoms with van der Waals surface area (Å²) in [6.45, 7) is -3.16. The first-order valence-corrected chi connectivity index (χ1v) is 18.1. The third-order valence-corrected chi connectivity index (χ3v) is 11.8. The zero-order valence-corrected chi connectivity index (χ0v) is 26.3. The van der Waals surface area contributed by atoms with Crippen molar-refractivity contribution in [2.45, 2.75) is 50.1 Å². The van der Waals surface area contributed by atoms with E-state index >= 15 is 4.39 Å². The van der Waals surface area contributed by atoms with Crippen molar-refractivity contribution >= 4 is 60.4 Å². The number of phosphoric acid groups is 1. The highest BCUT2D eigenvalue weighted by Gasteiger charge is 2.72. The lowest BCUT2D eigenvalue weighted by Crippen LogP contribution is -2.33. The fraction of sp³-hybridized carbons (Fsp3) is 0.565. The fourth-order valence-electron chi connectivity index (χ4n) is 7.21. The first kappa shape index (κ1) is 30.4. The standard InChI is InChI=1S/C23H27FN10O9P2S/c1-8-14(33-6-29-12-17(25)27-5-28-18(12)33)9-2-23(9)4-40-44(36,37)42-15-11(24)10(3-39-45(38,46)43-16(8)23)41-21(15)34-7-30-13-19(34)31-22(26)32-20(13)35/h5-11,14-16,21H,2-4H2,1H3,(H,36,37)(H,38,46)(H2,25,27,28)(H3,26,31,32,35)/t8-,9+,10+,11+,14-,15+,16-,21+,23-,45?/m0/s1. The molecule has 1 spiro atoms. The second-order valence-corrected chi connectivity index (χ2v) is 16.1. The average Bonchev–Trinajstić information content (AvgIpc) is 3.26. The number of ether oxygens (including phenoxy) is 1. The van der Waals surface area contributed by atoms with E-state index in [0.717, 1.165) is 10.9 Å². The summed E-state index contributed by atoms with van der Waals surface area (Å²) < 4.78 is 60.9. The Balaban J connectivity index is 1.14. The predicted molar refractivity (Wildman–Crippen MR) is 158 cm³/mol. The van der Waals surface area contributed by atoms with E-state index in [-0.39, 0.29) is 47.4 Å². The number of H-pyrrole nitrogens is 1. The molecule has 4 aromatic heterocycles. The van der Waals surface area contributed by atoms with Gasteiger partial charge < -0.3 is 39.6 Å². The molecule has 23 heteroatoms. The molecule has 4 aromatic rings. The summed E-state index contributed by atoms with van der Waals surface area (Å²) in [5, 5.41) is 0. The SMILES string of the molecule is C[C@H]1[C@H](n2cnc3c(N)ncnc32)[C@H]2C[C@]23COP(=O)(O)O[C@@H]2[C@H](F)[C@@H](COP(O)(=S)O[C@@H]13)O[C@H]2n1cnc2c(=O)[nH]c(N)nc21. The number of rotatable bonds is 2. The molecule has 2 unspecified atom stereocenters. The van der Waals surface area contributed by atoms with Crippen molar-refractivity contribution in [1.82, 2.24) is 39.0 Å². The number of halogens is 1. The Labute approximate surface area is 262 Å². The molecule has 2 aliphatic carbocycles. The van der Waals surface area contributed by atoms with Crippen molar-refractivity contribution in [3.63, 3.8) is 0 Å². The van der Waals surface area contributed by atoms with Crippen LogP contribution in [-0.2, 0) is 39.2 Å². The molecule has 4 aliphatic rings. The number of nitrogens with zero attached hydrogens (tertiary/aromatic N) is 7. The maximum absolute atomic E-state index is 15.9. The van der Waals surface area contributed by atoms with Crippen LogP contribution in [0.4, 0.5) is 16.2 Å². The molecule has 2 aliphatic heterocycles. The molecule has 46 heavy (non-hydrogen) atoms. The Hall–Kier alpha value is -2.97. The molecule has 2 saturated heterocycles. The number of nitrogen functional groups attached to an aromatic ring is 2. The zero-order chi connectivity index (χ0) is 32.3. The van der Waals surface area contributed by atoms with E-state index in [9.17, 15) is 19.1 Å². The van der Waals surface area contributed by atoms with E-state index in [0.29, 0.717) is 17.6 Å². The number of hydrogen-bond acceptors (Lipinski definition) is 15. The summed E-state index contributed by atoms with van der Waals surface area (Å²) in [5.41, 5.74) is 10.8. The Bertz CT molecular complexity index is 2050. The highest BCUT2D eigenvalue weighted by Crippen LogP contribution is 2.73. The van der Waals surface area contributed by atoms with Gasteiger partial charge >= 0.3 is 14.5 Å². The van der Waals surface area contributed by atoms with Gasteiger partial charge in [0, 0.05) is 17.4 Å². The van der Waals surface area contributed by atoms with E-state index in [1.807, 2.05) is 11.5 Å². The number of alkyl halides is 1. The number of nitrogens with two attached hydrogens (primary N) is 2. The van der Waals surface area contributed by atoms with Crippen LogP contribution < -0.4 is 17.0 Å². The molecular weight excluding hydrogens is 673 g/mol. The van der Waals surface area contributed by atoms with Crippen molar-refractivity contribution < 1.29 is 41.6 Å². The number of anilines is 2. The van der Waals surface area contributed by atoms with Gasteiger partial charge in [0.15, 0.2) is 35.0 Å². The molecule has 246 valence electrons. The topological polar surface area (TPSA) is 263 Å². The molecule has 19 nitrogen and oxygen atoms in total. The molecule has 2 saturated carbocycles. The van der Waals surface area contributed by atoms with Crippen LogP contribution in [0.5, 0.6) is 0 Å². The van der Waals surface area contributed by atoms with Gasteiger partial charge in [0.2, 0.25) is 5.95 Å². The second-order valence-electron chi connectivity index (χ2n) is 11.9. The summed E-state index contributed by atoms with van der Waals surface area (Å²) in [6, 6.07) is -0.313. The maximum Gasteiger partial charge on any atom is 0.472 e. The third kappa shape index (κ3) is 4.64. The molecule has 4 fully saturated rings. The molecule has 8 rings (SSSR count). The number of aromatic amines is 1. The molecular formula is C23H27FN10O9P2S. The normalized spacial score (nSPS) is 41.0. The van der Waals surface area contributed by atoms with Crippen molar-refractivity contribution in [2.75, 3.05) is 24.7 Å². The van der Waals surface area contributed by atoms with Crippen LogP contribution in [0.2, 0.25) is 0 Å². The van der Waals surface area contributed by atoms with Crippen LogP contribution >= 0.6 is 14.5 Å². The summed E-state index contributed by atoms with van der Waals surface area (Å²) in [6.07, 6.45) is -3.14. The highest BCUT2D eigenvalue weighted by molar-refractivity contribution is 8.07. The number of imidazole rings is 2. The average molecular weight is 701 g/mol. The van der Waals surface area contributed by atoms with Crippen LogP contribution in [-0.4, -0.2) is 86.5 Å². The summed E-state index contributed by atoms with van der Waals surface area (Å²) in [7, 11) is -5.00. The van der Waals surface area contributed by atoms with E-state index in [1.165, 1.54) is 6.33 Å². The van der Waals surface area contributed by atoms with Crippen molar-refractivity contribution in [2.24, 2.45) is 17.3 Å². The van der Waals surface area contributed by atoms with Crippen molar-refractivity contribution in [3.05, 3.63) is 29.3 Å². The number of nitrogens with one attached hydrogen (secondary N) is 1. The molecule has 0 aromatic carbocycles. The number of fused-ring (bicyclic) bond motifs is 4. The van der Waals surface area contributed by atoms with E-state index < -0.39 is 62.8 Å². The minimum atomic E-state index is -5.00. The third-order valence-electron chi connectivity index (χ3n) is 9.27. The van der Waals surface area contributed by atoms with Gasteiger partial charge in [-0.25, -0.2) is 28.9 Å². The van der Waals surface area contributed by atoms with Gasteiger partial charge in [-0.2, -0.15) is 4.98 Å². The van der Waals surface area contributed by atoms with E-state index in [1.54, 1.807) is 6.33 Å². The fourth-order valence-corrected chi connectivity index (χ4v) is 9.75. The van der Waals surface area contributed by atoms with Crippen molar-refractivity contribution in [1.29, 1.82) is 0 Å². The Morgan fingerprint density at radius 1 is 1.11 bits per heavy atom. The largest absolute Gasteiger partial charge is 0.472 e.